The van der Waals surface area contributed by atoms with Crippen LogP contribution in [0.25, 0.3) is 0 Å². The summed E-state index contributed by atoms with van der Waals surface area (Å²) in [4.78, 5) is 25.5. The molecule has 1 atom stereocenters. The van der Waals surface area contributed by atoms with E-state index in [4.69, 9.17) is 14.2 Å². The van der Waals surface area contributed by atoms with Gasteiger partial charge in [-0.25, -0.2) is 0 Å². The Balaban J connectivity index is 4.31. The molecule has 0 bridgehead atoms. The summed E-state index contributed by atoms with van der Waals surface area (Å²) in [6.07, 6.45) is 79.4. The number of unbranched alkanes of at least 4 members (excludes halogenated alkanes) is 33. The van der Waals surface area contributed by atoms with Crippen LogP contribution >= 0.6 is 0 Å². The highest BCUT2D eigenvalue weighted by Crippen LogP contribution is 2.16. The van der Waals surface area contributed by atoms with E-state index < -0.39 is 6.10 Å². The minimum atomic E-state index is -0.560. The van der Waals surface area contributed by atoms with Crippen LogP contribution in [0.2, 0.25) is 0 Å². The van der Waals surface area contributed by atoms with Gasteiger partial charge in [0.15, 0.2) is 6.10 Å². The van der Waals surface area contributed by atoms with Crippen LogP contribution in [-0.4, -0.2) is 37.9 Å². The van der Waals surface area contributed by atoms with Crippen molar-refractivity contribution in [1.82, 2.24) is 0 Å². The van der Waals surface area contributed by atoms with E-state index in [1.165, 1.54) is 199 Å². The summed E-state index contributed by atoms with van der Waals surface area (Å²) in [7, 11) is 0. The molecule has 0 aromatic carbocycles. The average Bonchev–Trinajstić information content (AvgIpc) is 3.36. The van der Waals surface area contributed by atoms with E-state index in [9.17, 15) is 9.59 Å². The van der Waals surface area contributed by atoms with Crippen molar-refractivity contribution in [2.75, 3.05) is 19.8 Å². The number of allylic oxidation sites excluding steroid dienone is 12. The molecule has 0 N–H and O–H groups in total. The Morgan fingerprint density at radius 3 is 1.09 bits per heavy atom. The van der Waals surface area contributed by atoms with Crippen molar-refractivity contribution < 1.29 is 23.8 Å². The van der Waals surface area contributed by atoms with Gasteiger partial charge in [-0.1, -0.05) is 280 Å². The number of carbonyl (C=O) groups is 2. The third kappa shape index (κ3) is 57.9. The Kier molecular flexibility index (Phi) is 58.3. The molecule has 0 spiro atoms. The molecule has 0 amide bonds. The van der Waals surface area contributed by atoms with Gasteiger partial charge in [0.25, 0.3) is 0 Å². The standard InChI is InChI=1S/C65H116O5/c1-4-7-10-13-16-19-22-25-28-31-32-33-34-36-38-41-44-47-50-53-56-59-65(67)70-63(61-68-60-57-54-51-48-45-42-39-30-27-24-21-18-15-12-9-6-3)62-69-64(66)58-55-52-49-46-43-40-37-35-29-26-23-20-17-14-11-8-5-2/h8,11,17,20,25-26,28-29,37,40,46,49,63H,4-7,9-10,12-16,18-19,21-24,27,30-36,38-39,41-45,47-48,50-62H2,1-3H3/b11-8-,20-17-,28-25-,29-26-,40-37-,49-46-/t63-/m1/s1. The number of carbonyl (C=O) groups excluding carboxylic acids is 2. The molecule has 0 aliphatic rings. The SMILES string of the molecule is CC/C=C\C/C=C\C/C=C\C/C=C\C/C=C\CCCC(=O)OC[C@@H](COCCCCCCCCCCCCCCCCCC)OC(=O)CCCCCCCCCCCCC/C=C\CCCCCCCC. The molecule has 0 rings (SSSR count). The Bertz CT molecular complexity index is 1240. The molecule has 0 fully saturated rings. The van der Waals surface area contributed by atoms with E-state index in [0.717, 1.165) is 70.6 Å². The van der Waals surface area contributed by atoms with Crippen LogP contribution in [0.4, 0.5) is 0 Å². The van der Waals surface area contributed by atoms with E-state index in [0.29, 0.717) is 19.4 Å². The predicted molar refractivity (Wildman–Crippen MR) is 307 cm³/mol. The third-order valence-electron chi connectivity index (χ3n) is 13.2. The first kappa shape index (κ1) is 67.3. The lowest BCUT2D eigenvalue weighted by Gasteiger charge is -2.18. The highest BCUT2D eigenvalue weighted by atomic mass is 16.6. The van der Waals surface area contributed by atoms with Crippen molar-refractivity contribution in [3.8, 4) is 0 Å². The summed E-state index contributed by atoms with van der Waals surface area (Å²) in [6, 6.07) is 0. The Morgan fingerprint density at radius 2 is 0.657 bits per heavy atom. The lowest BCUT2D eigenvalue weighted by atomic mass is 10.0. The molecule has 0 aliphatic carbocycles. The van der Waals surface area contributed by atoms with Crippen LogP contribution in [0.5, 0.6) is 0 Å². The van der Waals surface area contributed by atoms with Gasteiger partial charge in [0, 0.05) is 19.4 Å². The van der Waals surface area contributed by atoms with Gasteiger partial charge in [-0.15, -0.1) is 0 Å². The Morgan fingerprint density at radius 1 is 0.329 bits per heavy atom. The van der Waals surface area contributed by atoms with Crippen LogP contribution in [0.15, 0.2) is 72.9 Å². The number of hydrogen-bond donors (Lipinski definition) is 0. The summed E-state index contributed by atoms with van der Waals surface area (Å²) >= 11 is 0. The molecule has 0 saturated carbocycles. The topological polar surface area (TPSA) is 61.8 Å². The first-order chi connectivity index (χ1) is 34.6. The minimum absolute atomic E-state index is 0.0571. The fourth-order valence-electron chi connectivity index (χ4n) is 8.72. The second-order valence-electron chi connectivity index (χ2n) is 20.2. The van der Waals surface area contributed by atoms with Crippen molar-refractivity contribution in [2.24, 2.45) is 0 Å². The van der Waals surface area contributed by atoms with Gasteiger partial charge in [0.2, 0.25) is 0 Å². The zero-order valence-corrected chi connectivity index (χ0v) is 46.8. The van der Waals surface area contributed by atoms with Gasteiger partial charge in [-0.2, -0.15) is 0 Å². The first-order valence-electron chi connectivity index (χ1n) is 30.5. The fourth-order valence-corrected chi connectivity index (χ4v) is 8.72. The molecule has 0 aromatic heterocycles. The van der Waals surface area contributed by atoms with Crippen LogP contribution in [-0.2, 0) is 23.8 Å². The molecule has 0 aliphatic heterocycles. The van der Waals surface area contributed by atoms with Gasteiger partial charge in [0.05, 0.1) is 6.61 Å². The molecule has 0 saturated heterocycles. The summed E-state index contributed by atoms with van der Waals surface area (Å²) in [5, 5.41) is 0. The molecule has 5 nitrogen and oxygen atoms in total. The van der Waals surface area contributed by atoms with Gasteiger partial charge < -0.3 is 14.2 Å². The highest BCUT2D eigenvalue weighted by molar-refractivity contribution is 5.70. The van der Waals surface area contributed by atoms with Crippen LogP contribution in [0, 0.1) is 0 Å². The molecule has 0 aromatic rings. The molecule has 0 radical (unpaired) electrons. The lowest BCUT2D eigenvalue weighted by Crippen LogP contribution is -2.30. The normalized spacial score (nSPS) is 12.7. The number of ether oxygens (including phenoxy) is 3. The zero-order valence-electron chi connectivity index (χ0n) is 46.8. The summed E-state index contributed by atoms with van der Waals surface area (Å²) < 4.78 is 17.5. The molecular weight excluding hydrogens is 861 g/mol. The maximum Gasteiger partial charge on any atom is 0.306 e. The molecular formula is C65H116O5. The molecule has 406 valence electrons. The molecule has 70 heavy (non-hydrogen) atoms. The van der Waals surface area contributed by atoms with Crippen molar-refractivity contribution in [1.29, 1.82) is 0 Å². The van der Waals surface area contributed by atoms with Gasteiger partial charge >= 0.3 is 11.9 Å². The van der Waals surface area contributed by atoms with E-state index in [1.54, 1.807) is 0 Å². The molecule has 0 heterocycles. The second kappa shape index (κ2) is 60.6. The Labute approximate surface area is 436 Å². The first-order valence-corrected chi connectivity index (χ1v) is 30.5. The third-order valence-corrected chi connectivity index (χ3v) is 13.2. The highest BCUT2D eigenvalue weighted by Gasteiger charge is 2.17. The van der Waals surface area contributed by atoms with Gasteiger partial charge in [-0.3, -0.25) is 9.59 Å². The number of rotatable bonds is 56. The maximum absolute atomic E-state index is 12.9. The van der Waals surface area contributed by atoms with Gasteiger partial charge in [-0.05, 0) is 83.5 Å². The fraction of sp³-hybridized carbons (Fsp3) is 0.785. The number of esters is 2. The van der Waals surface area contributed by atoms with Crippen LogP contribution in [0.1, 0.15) is 303 Å². The average molecular weight is 978 g/mol. The van der Waals surface area contributed by atoms with Crippen LogP contribution < -0.4 is 0 Å². The zero-order chi connectivity index (χ0) is 50.6. The van der Waals surface area contributed by atoms with Crippen molar-refractivity contribution in [3.05, 3.63) is 72.9 Å². The smallest absolute Gasteiger partial charge is 0.306 e. The summed E-state index contributed by atoms with van der Waals surface area (Å²) in [6.45, 7) is 7.70. The second-order valence-corrected chi connectivity index (χ2v) is 20.2. The maximum atomic E-state index is 12.9. The van der Waals surface area contributed by atoms with Crippen molar-refractivity contribution in [2.45, 2.75) is 309 Å². The molecule has 5 heteroatoms. The summed E-state index contributed by atoms with van der Waals surface area (Å²) in [5.41, 5.74) is 0. The largest absolute Gasteiger partial charge is 0.462 e. The van der Waals surface area contributed by atoms with E-state index in [-0.39, 0.29) is 25.2 Å². The lowest BCUT2D eigenvalue weighted by molar-refractivity contribution is -0.163. The minimum Gasteiger partial charge on any atom is -0.462 e. The number of hydrogen-bond acceptors (Lipinski definition) is 5. The summed E-state index contributed by atoms with van der Waals surface area (Å²) in [5.74, 6) is -0.452. The Hall–Kier alpha value is -2.66. The van der Waals surface area contributed by atoms with Crippen molar-refractivity contribution in [3.63, 3.8) is 0 Å². The van der Waals surface area contributed by atoms with E-state index in [2.05, 4.69) is 93.7 Å². The van der Waals surface area contributed by atoms with Gasteiger partial charge in [0.1, 0.15) is 6.61 Å². The van der Waals surface area contributed by atoms with E-state index >= 15 is 0 Å². The van der Waals surface area contributed by atoms with Crippen molar-refractivity contribution >= 4 is 11.9 Å². The monoisotopic (exact) mass is 977 g/mol. The van der Waals surface area contributed by atoms with Crippen LogP contribution in [0.3, 0.4) is 0 Å². The quantitative estimate of drug-likeness (QED) is 0.0345. The predicted octanol–water partition coefficient (Wildman–Crippen LogP) is 21.0. The van der Waals surface area contributed by atoms with E-state index in [1.807, 2.05) is 0 Å². The molecule has 0 unspecified atom stereocenters.